The molecule has 2 aromatic carbocycles. The van der Waals surface area contributed by atoms with Crippen molar-refractivity contribution in [1.82, 2.24) is 21.3 Å². The molecule has 0 spiro atoms. The lowest BCUT2D eigenvalue weighted by atomic mass is 9.79. The molecule has 1 atom stereocenters. The standard InChI is InChI=1S/C29H37BN8O12/c1-17(2)26(39)31-10-7-11-33-29(42)22(34-28(41)18-12-20(30(43)44)16-21(13-18)36(45)46)8-5-6-9-32-27(40)19-14-23(37(47)48)25(35(3)4)24(15-19)38(49)50/h12-16,22,43-44H,1,5-11H2,2-4H3,(H,31,39)(H,32,40)(H,33,42)(H,34,41). The van der Waals surface area contributed by atoms with E-state index in [1.807, 2.05) is 0 Å². The van der Waals surface area contributed by atoms with Crippen molar-refractivity contribution >= 4 is 59.0 Å². The highest BCUT2D eigenvalue weighted by atomic mass is 16.6. The maximum absolute atomic E-state index is 13.1. The molecule has 0 bridgehead atoms. The van der Waals surface area contributed by atoms with Gasteiger partial charge in [-0.1, -0.05) is 6.58 Å². The van der Waals surface area contributed by atoms with E-state index in [0.29, 0.717) is 12.0 Å². The second kappa shape index (κ2) is 18.6. The number of nitrogens with one attached hydrogen (secondary N) is 4. The molecule has 268 valence electrons. The van der Waals surface area contributed by atoms with Crippen molar-refractivity contribution in [3.63, 3.8) is 0 Å². The fraction of sp³-hybridized carbons (Fsp3) is 0.379. The second-order valence-corrected chi connectivity index (χ2v) is 11.2. The van der Waals surface area contributed by atoms with Crippen LogP contribution in [-0.2, 0) is 9.59 Å². The van der Waals surface area contributed by atoms with Crippen LogP contribution in [0.1, 0.15) is 53.3 Å². The Balaban J connectivity index is 2.14. The van der Waals surface area contributed by atoms with Gasteiger partial charge in [0.2, 0.25) is 11.8 Å². The summed E-state index contributed by atoms with van der Waals surface area (Å²) in [5, 5.41) is 63.8. The molecule has 0 radical (unpaired) electrons. The van der Waals surface area contributed by atoms with E-state index >= 15 is 0 Å². The number of nitro benzene ring substituents is 3. The second-order valence-electron chi connectivity index (χ2n) is 11.2. The maximum Gasteiger partial charge on any atom is 0.488 e. The summed E-state index contributed by atoms with van der Waals surface area (Å²) in [6.07, 6.45) is 0.753. The maximum atomic E-state index is 13.1. The Labute approximate surface area is 285 Å². The zero-order valence-corrected chi connectivity index (χ0v) is 27.5. The number of nitrogens with zero attached hydrogens (tertiary/aromatic N) is 4. The number of carbonyl (C=O) groups is 4. The van der Waals surface area contributed by atoms with Crippen LogP contribution in [0.3, 0.4) is 0 Å². The normalized spacial score (nSPS) is 11.1. The van der Waals surface area contributed by atoms with Crippen molar-refractivity contribution in [1.29, 1.82) is 0 Å². The van der Waals surface area contributed by atoms with E-state index < -0.39 is 62.7 Å². The Morgan fingerprint density at radius 3 is 1.88 bits per heavy atom. The number of carbonyl (C=O) groups excluding carboxylic acids is 4. The van der Waals surface area contributed by atoms with Gasteiger partial charge < -0.3 is 36.2 Å². The minimum atomic E-state index is -2.12. The lowest BCUT2D eigenvalue weighted by Gasteiger charge is -2.19. The lowest BCUT2D eigenvalue weighted by Crippen LogP contribution is -2.47. The molecule has 0 heterocycles. The lowest BCUT2D eigenvalue weighted by molar-refractivity contribution is -0.392. The quantitative estimate of drug-likeness (QED) is 0.0372. The van der Waals surface area contributed by atoms with Gasteiger partial charge in [0.1, 0.15) is 6.04 Å². The van der Waals surface area contributed by atoms with Crippen LogP contribution in [0.15, 0.2) is 42.5 Å². The average molecular weight is 700 g/mol. The van der Waals surface area contributed by atoms with E-state index in [1.54, 1.807) is 0 Å². The van der Waals surface area contributed by atoms with Crippen LogP contribution in [0.25, 0.3) is 0 Å². The van der Waals surface area contributed by atoms with E-state index in [0.717, 1.165) is 30.3 Å². The molecule has 50 heavy (non-hydrogen) atoms. The molecular formula is C29H37BN8O12. The Kier molecular flexibility index (Phi) is 14.9. The first kappa shape index (κ1) is 40.2. The Hall–Kier alpha value is -5.96. The molecule has 20 nitrogen and oxygen atoms in total. The highest BCUT2D eigenvalue weighted by molar-refractivity contribution is 6.58. The first-order valence-electron chi connectivity index (χ1n) is 15.0. The number of hydrogen-bond donors (Lipinski definition) is 6. The minimum absolute atomic E-state index is 0.00127. The Morgan fingerprint density at radius 2 is 1.36 bits per heavy atom. The highest BCUT2D eigenvalue weighted by Gasteiger charge is 2.30. The van der Waals surface area contributed by atoms with Crippen LogP contribution >= 0.6 is 0 Å². The van der Waals surface area contributed by atoms with E-state index in [9.17, 15) is 59.6 Å². The first-order chi connectivity index (χ1) is 23.4. The van der Waals surface area contributed by atoms with Gasteiger partial charge in [-0.15, -0.1) is 0 Å². The Morgan fingerprint density at radius 1 is 0.800 bits per heavy atom. The van der Waals surface area contributed by atoms with Crippen molar-refractivity contribution in [2.75, 3.05) is 38.6 Å². The molecule has 1 unspecified atom stereocenters. The van der Waals surface area contributed by atoms with Crippen LogP contribution in [0.4, 0.5) is 22.7 Å². The van der Waals surface area contributed by atoms with Gasteiger partial charge in [-0.05, 0) is 44.1 Å². The molecular weight excluding hydrogens is 663 g/mol. The highest BCUT2D eigenvalue weighted by Crippen LogP contribution is 2.37. The van der Waals surface area contributed by atoms with Crippen LogP contribution in [0.5, 0.6) is 0 Å². The summed E-state index contributed by atoms with van der Waals surface area (Å²) in [6.45, 7) is 5.34. The first-order valence-corrected chi connectivity index (χ1v) is 15.0. The van der Waals surface area contributed by atoms with Crippen molar-refractivity contribution < 1.29 is 44.0 Å². The molecule has 6 N–H and O–H groups in total. The van der Waals surface area contributed by atoms with Gasteiger partial charge in [0.25, 0.3) is 28.9 Å². The van der Waals surface area contributed by atoms with E-state index in [4.69, 9.17) is 0 Å². The Bertz CT molecular complexity index is 1630. The van der Waals surface area contributed by atoms with Crippen LogP contribution in [0, 0.1) is 30.3 Å². The number of amides is 4. The summed E-state index contributed by atoms with van der Waals surface area (Å²) in [5.41, 5.74) is -2.82. The number of rotatable bonds is 19. The number of nitro groups is 3. The summed E-state index contributed by atoms with van der Waals surface area (Å²) in [4.78, 5) is 83.8. The third kappa shape index (κ3) is 11.6. The predicted molar refractivity (Wildman–Crippen MR) is 180 cm³/mol. The minimum Gasteiger partial charge on any atom is -0.423 e. The smallest absolute Gasteiger partial charge is 0.423 e. The van der Waals surface area contributed by atoms with E-state index in [1.165, 1.54) is 25.9 Å². The molecule has 2 rings (SSSR count). The van der Waals surface area contributed by atoms with Crippen molar-refractivity contribution in [2.45, 2.75) is 38.6 Å². The molecule has 0 fully saturated rings. The average Bonchev–Trinajstić information content (AvgIpc) is 3.05. The molecule has 0 aliphatic rings. The molecule has 21 heteroatoms. The summed E-state index contributed by atoms with van der Waals surface area (Å²) in [5.74, 6) is -2.75. The van der Waals surface area contributed by atoms with Gasteiger partial charge in [0.15, 0.2) is 5.69 Å². The topological polar surface area (TPSA) is 290 Å². The summed E-state index contributed by atoms with van der Waals surface area (Å²) in [7, 11) is 0.649. The van der Waals surface area contributed by atoms with Gasteiger partial charge in [0, 0.05) is 69.1 Å². The third-order valence-electron chi connectivity index (χ3n) is 7.04. The summed E-state index contributed by atoms with van der Waals surface area (Å²) < 4.78 is 0. The van der Waals surface area contributed by atoms with Crippen LogP contribution in [0.2, 0.25) is 0 Å². The van der Waals surface area contributed by atoms with Gasteiger partial charge in [-0.2, -0.15) is 0 Å². The fourth-order valence-corrected chi connectivity index (χ4v) is 4.56. The number of hydrogen-bond acceptors (Lipinski definition) is 13. The fourth-order valence-electron chi connectivity index (χ4n) is 4.56. The molecule has 0 saturated carbocycles. The number of unbranched alkanes of at least 4 members (excludes halogenated alkanes) is 1. The monoisotopic (exact) mass is 700 g/mol. The largest absolute Gasteiger partial charge is 0.488 e. The van der Waals surface area contributed by atoms with Crippen molar-refractivity contribution in [3.05, 3.63) is 84.0 Å². The summed E-state index contributed by atoms with van der Waals surface area (Å²) >= 11 is 0. The number of benzene rings is 2. The van der Waals surface area contributed by atoms with Gasteiger partial charge in [-0.25, -0.2) is 0 Å². The third-order valence-corrected chi connectivity index (χ3v) is 7.04. The van der Waals surface area contributed by atoms with E-state index in [-0.39, 0.29) is 67.1 Å². The summed E-state index contributed by atoms with van der Waals surface area (Å²) in [6, 6.07) is 3.43. The van der Waals surface area contributed by atoms with Gasteiger partial charge in [0.05, 0.1) is 20.3 Å². The SMILES string of the molecule is C=C(C)C(=O)NCCCNC(=O)C(CCCCNC(=O)c1cc([N+](=O)[O-])c(N(C)C)c([N+](=O)[O-])c1)NC(=O)c1cc(B(O)O)cc([N+](=O)[O-])c1. The predicted octanol–water partition coefficient (Wildman–Crippen LogP) is 0.0543. The van der Waals surface area contributed by atoms with Crippen LogP contribution < -0.4 is 31.6 Å². The molecule has 0 aliphatic carbocycles. The molecule has 0 aromatic heterocycles. The van der Waals surface area contributed by atoms with E-state index in [2.05, 4.69) is 27.8 Å². The van der Waals surface area contributed by atoms with Crippen molar-refractivity contribution in [3.8, 4) is 0 Å². The zero-order valence-electron chi connectivity index (χ0n) is 27.5. The number of anilines is 1. The van der Waals surface area contributed by atoms with Crippen LogP contribution in [-0.4, -0.2) is 95.3 Å². The molecule has 4 amide bonds. The van der Waals surface area contributed by atoms with Gasteiger partial charge in [-0.3, -0.25) is 49.5 Å². The number of non-ortho nitro benzene ring substituents is 1. The van der Waals surface area contributed by atoms with Crippen molar-refractivity contribution in [2.24, 2.45) is 0 Å². The van der Waals surface area contributed by atoms with Gasteiger partial charge >= 0.3 is 7.12 Å². The molecule has 0 aliphatic heterocycles. The zero-order chi connectivity index (χ0) is 37.7. The molecule has 0 saturated heterocycles. The molecule has 2 aromatic rings.